The SMILES string of the molecule is CCC1(CC)CC(=O)N(CCc2cnc[nH]2)C1=O. The van der Waals surface area contributed by atoms with Crippen molar-refractivity contribution in [2.45, 2.75) is 39.5 Å². The van der Waals surface area contributed by atoms with Crippen molar-refractivity contribution in [1.82, 2.24) is 14.9 Å². The first-order valence-corrected chi connectivity index (χ1v) is 6.45. The highest BCUT2D eigenvalue weighted by atomic mass is 16.2. The van der Waals surface area contributed by atoms with Crippen molar-refractivity contribution >= 4 is 11.8 Å². The van der Waals surface area contributed by atoms with Crippen LogP contribution in [0.3, 0.4) is 0 Å². The van der Waals surface area contributed by atoms with Gasteiger partial charge in [-0.3, -0.25) is 14.5 Å². The molecular weight excluding hydrogens is 230 g/mol. The molecule has 0 bridgehead atoms. The van der Waals surface area contributed by atoms with Gasteiger partial charge < -0.3 is 4.98 Å². The lowest BCUT2D eigenvalue weighted by Gasteiger charge is -2.23. The van der Waals surface area contributed by atoms with Crippen LogP contribution in [0.4, 0.5) is 0 Å². The Morgan fingerprint density at radius 2 is 2.11 bits per heavy atom. The predicted molar refractivity (Wildman–Crippen MR) is 66.6 cm³/mol. The summed E-state index contributed by atoms with van der Waals surface area (Å²) in [5.74, 6) is -0.0415. The summed E-state index contributed by atoms with van der Waals surface area (Å²) in [5, 5.41) is 0. The first-order valence-electron chi connectivity index (χ1n) is 6.45. The van der Waals surface area contributed by atoms with Gasteiger partial charge in [0.25, 0.3) is 0 Å². The number of rotatable bonds is 5. The van der Waals surface area contributed by atoms with Crippen LogP contribution in [0.15, 0.2) is 12.5 Å². The topological polar surface area (TPSA) is 66.1 Å². The monoisotopic (exact) mass is 249 g/mol. The van der Waals surface area contributed by atoms with E-state index < -0.39 is 5.41 Å². The van der Waals surface area contributed by atoms with Crippen LogP contribution in [-0.4, -0.2) is 33.2 Å². The fourth-order valence-corrected chi connectivity index (χ4v) is 2.54. The number of aromatic amines is 1. The Bertz CT molecular complexity index is 435. The van der Waals surface area contributed by atoms with Gasteiger partial charge in [0.15, 0.2) is 0 Å². The number of aromatic nitrogens is 2. The third kappa shape index (κ3) is 2.05. The molecule has 2 rings (SSSR count). The Morgan fingerprint density at radius 1 is 1.39 bits per heavy atom. The molecule has 2 amide bonds. The molecule has 0 saturated carbocycles. The van der Waals surface area contributed by atoms with Gasteiger partial charge in [-0.25, -0.2) is 4.98 Å². The van der Waals surface area contributed by atoms with E-state index in [0.29, 0.717) is 19.4 Å². The lowest BCUT2D eigenvalue weighted by atomic mass is 9.81. The van der Waals surface area contributed by atoms with Gasteiger partial charge in [0.05, 0.1) is 11.7 Å². The van der Waals surface area contributed by atoms with Gasteiger partial charge in [-0.1, -0.05) is 13.8 Å². The fourth-order valence-electron chi connectivity index (χ4n) is 2.54. The zero-order chi connectivity index (χ0) is 13.2. The predicted octanol–water partition coefficient (Wildman–Crippen LogP) is 1.52. The molecule has 18 heavy (non-hydrogen) atoms. The minimum atomic E-state index is -0.453. The number of amides is 2. The van der Waals surface area contributed by atoms with E-state index in [0.717, 1.165) is 18.5 Å². The number of hydrogen-bond acceptors (Lipinski definition) is 3. The molecule has 1 aromatic heterocycles. The number of likely N-dealkylation sites (tertiary alicyclic amines) is 1. The van der Waals surface area contributed by atoms with E-state index in [1.807, 2.05) is 13.8 Å². The van der Waals surface area contributed by atoms with Crippen molar-refractivity contribution in [3.05, 3.63) is 18.2 Å². The molecule has 5 heteroatoms. The van der Waals surface area contributed by atoms with Gasteiger partial charge in [0, 0.05) is 31.3 Å². The van der Waals surface area contributed by atoms with Crippen molar-refractivity contribution in [3.8, 4) is 0 Å². The quantitative estimate of drug-likeness (QED) is 0.804. The number of H-pyrrole nitrogens is 1. The van der Waals surface area contributed by atoms with E-state index in [1.165, 1.54) is 4.90 Å². The van der Waals surface area contributed by atoms with Crippen molar-refractivity contribution in [1.29, 1.82) is 0 Å². The van der Waals surface area contributed by atoms with Crippen LogP contribution in [0.1, 0.15) is 38.8 Å². The zero-order valence-corrected chi connectivity index (χ0v) is 10.9. The molecule has 1 aromatic rings. The van der Waals surface area contributed by atoms with Crippen LogP contribution in [0.5, 0.6) is 0 Å². The second-order valence-corrected chi connectivity index (χ2v) is 4.84. The number of nitrogens with zero attached hydrogens (tertiary/aromatic N) is 2. The number of carbonyl (C=O) groups excluding carboxylic acids is 2. The first kappa shape index (κ1) is 12.8. The molecule has 0 aliphatic carbocycles. The Labute approximate surface area is 107 Å². The van der Waals surface area contributed by atoms with Crippen molar-refractivity contribution in [3.63, 3.8) is 0 Å². The standard InChI is InChI=1S/C13H19N3O2/c1-3-13(4-2)7-11(17)16(12(13)18)6-5-10-8-14-9-15-10/h8-9H,3-7H2,1-2H3,(H,14,15). The number of hydrogen-bond donors (Lipinski definition) is 1. The minimum absolute atomic E-state index is 0.00276. The highest BCUT2D eigenvalue weighted by Crippen LogP contribution is 2.39. The Hall–Kier alpha value is -1.65. The molecule has 1 saturated heterocycles. The highest BCUT2D eigenvalue weighted by molar-refractivity contribution is 6.05. The van der Waals surface area contributed by atoms with Gasteiger partial charge in [-0.05, 0) is 12.8 Å². The summed E-state index contributed by atoms with van der Waals surface area (Å²) in [7, 11) is 0. The molecule has 1 N–H and O–H groups in total. The lowest BCUT2D eigenvalue weighted by Crippen LogP contribution is -2.36. The molecule has 98 valence electrons. The average molecular weight is 249 g/mol. The highest BCUT2D eigenvalue weighted by Gasteiger charge is 2.48. The molecule has 1 aliphatic heterocycles. The Kier molecular flexibility index (Phi) is 3.50. The van der Waals surface area contributed by atoms with Crippen LogP contribution < -0.4 is 0 Å². The summed E-state index contributed by atoms with van der Waals surface area (Å²) in [4.78, 5) is 32.6. The summed E-state index contributed by atoms with van der Waals surface area (Å²) in [5.41, 5.74) is 0.492. The van der Waals surface area contributed by atoms with Gasteiger partial charge in [0.1, 0.15) is 0 Å². The average Bonchev–Trinajstić information content (AvgIpc) is 2.96. The normalized spacial score (nSPS) is 18.7. The van der Waals surface area contributed by atoms with Crippen LogP contribution >= 0.6 is 0 Å². The molecule has 0 atom stereocenters. The third-order valence-corrected chi connectivity index (χ3v) is 4.00. The molecule has 1 fully saturated rings. The zero-order valence-electron chi connectivity index (χ0n) is 10.9. The van der Waals surface area contributed by atoms with E-state index >= 15 is 0 Å². The van der Waals surface area contributed by atoms with E-state index in [2.05, 4.69) is 9.97 Å². The second-order valence-electron chi connectivity index (χ2n) is 4.84. The van der Waals surface area contributed by atoms with Gasteiger partial charge in [0.2, 0.25) is 11.8 Å². The van der Waals surface area contributed by atoms with Crippen LogP contribution in [0, 0.1) is 5.41 Å². The van der Waals surface area contributed by atoms with Gasteiger partial charge >= 0.3 is 0 Å². The molecule has 0 spiro atoms. The maximum absolute atomic E-state index is 12.3. The van der Waals surface area contributed by atoms with Crippen LogP contribution in [0.2, 0.25) is 0 Å². The second kappa shape index (κ2) is 4.92. The first-order chi connectivity index (χ1) is 8.63. The van der Waals surface area contributed by atoms with Gasteiger partial charge in [-0.15, -0.1) is 0 Å². The van der Waals surface area contributed by atoms with E-state index in [1.54, 1.807) is 12.5 Å². The van der Waals surface area contributed by atoms with Crippen molar-refractivity contribution in [2.75, 3.05) is 6.54 Å². The lowest BCUT2D eigenvalue weighted by molar-refractivity contribution is -0.141. The Morgan fingerprint density at radius 3 is 2.61 bits per heavy atom. The molecule has 2 heterocycles. The van der Waals surface area contributed by atoms with Gasteiger partial charge in [-0.2, -0.15) is 0 Å². The number of carbonyl (C=O) groups is 2. The molecule has 5 nitrogen and oxygen atoms in total. The van der Waals surface area contributed by atoms with Crippen LogP contribution in [0.25, 0.3) is 0 Å². The van der Waals surface area contributed by atoms with Crippen molar-refractivity contribution < 1.29 is 9.59 Å². The maximum Gasteiger partial charge on any atom is 0.235 e. The fraction of sp³-hybridized carbons (Fsp3) is 0.615. The summed E-state index contributed by atoms with van der Waals surface area (Å²) in [6.45, 7) is 4.40. The molecule has 0 radical (unpaired) electrons. The number of imidazole rings is 1. The number of nitrogens with one attached hydrogen (secondary N) is 1. The summed E-state index contributed by atoms with van der Waals surface area (Å²) >= 11 is 0. The largest absolute Gasteiger partial charge is 0.348 e. The maximum atomic E-state index is 12.3. The minimum Gasteiger partial charge on any atom is -0.348 e. The molecule has 1 aliphatic rings. The van der Waals surface area contributed by atoms with E-state index in [9.17, 15) is 9.59 Å². The smallest absolute Gasteiger partial charge is 0.235 e. The number of imide groups is 1. The summed E-state index contributed by atoms with van der Waals surface area (Å²) in [6, 6.07) is 0. The summed E-state index contributed by atoms with van der Waals surface area (Å²) in [6.07, 6.45) is 5.79. The van der Waals surface area contributed by atoms with Crippen molar-refractivity contribution in [2.24, 2.45) is 5.41 Å². The molecular formula is C13H19N3O2. The molecule has 0 aromatic carbocycles. The van der Waals surface area contributed by atoms with Crippen LogP contribution in [-0.2, 0) is 16.0 Å². The Balaban J connectivity index is 2.05. The third-order valence-electron chi connectivity index (χ3n) is 4.00. The molecule has 0 unspecified atom stereocenters. The van der Waals surface area contributed by atoms with E-state index in [4.69, 9.17) is 0 Å². The van der Waals surface area contributed by atoms with E-state index in [-0.39, 0.29) is 11.8 Å². The summed E-state index contributed by atoms with van der Waals surface area (Å²) < 4.78 is 0.